The van der Waals surface area contributed by atoms with E-state index in [1.165, 1.54) is 4.31 Å². The zero-order valence-electron chi connectivity index (χ0n) is 14.6. The third-order valence-corrected chi connectivity index (χ3v) is 7.05. The summed E-state index contributed by atoms with van der Waals surface area (Å²) >= 11 is 3.39. The lowest BCUT2D eigenvalue weighted by atomic mass is 10.1. The molecule has 7 heteroatoms. The first-order valence-electron chi connectivity index (χ1n) is 8.41. The van der Waals surface area contributed by atoms with Crippen LogP contribution in [0.3, 0.4) is 0 Å². The molecule has 3 aromatic rings. The molecular weight excluding hydrogens is 428 g/mol. The molecule has 0 aromatic heterocycles. The SMILES string of the molecule is CN(Cc1ccc(Br)cc1)C(=O)CN1c2cccc3cccc(c23)S1(=O)=O. The minimum absolute atomic E-state index is 0.219. The molecule has 0 N–H and O–H groups in total. The van der Waals surface area contributed by atoms with Gasteiger partial charge in [0.1, 0.15) is 6.54 Å². The van der Waals surface area contributed by atoms with Crippen LogP contribution in [-0.4, -0.2) is 32.8 Å². The Labute approximate surface area is 166 Å². The first-order valence-corrected chi connectivity index (χ1v) is 10.6. The summed E-state index contributed by atoms with van der Waals surface area (Å²) in [5.41, 5.74) is 1.54. The highest BCUT2D eigenvalue weighted by Gasteiger charge is 2.37. The number of likely N-dealkylation sites (N-methyl/N-ethyl adjacent to an activating group) is 1. The van der Waals surface area contributed by atoms with E-state index in [1.54, 1.807) is 30.1 Å². The molecule has 4 rings (SSSR count). The maximum atomic E-state index is 13.0. The summed E-state index contributed by atoms with van der Waals surface area (Å²) in [5.74, 6) is -0.258. The molecule has 5 nitrogen and oxygen atoms in total. The third-order valence-electron chi connectivity index (χ3n) is 4.72. The number of nitrogens with zero attached hydrogens (tertiary/aromatic N) is 2. The van der Waals surface area contributed by atoms with Gasteiger partial charge in [0.25, 0.3) is 10.0 Å². The van der Waals surface area contributed by atoms with Gasteiger partial charge in [-0.3, -0.25) is 9.10 Å². The Hall–Kier alpha value is -2.38. The van der Waals surface area contributed by atoms with Crippen LogP contribution < -0.4 is 4.31 Å². The fourth-order valence-electron chi connectivity index (χ4n) is 3.32. The number of hydrogen-bond acceptors (Lipinski definition) is 3. The van der Waals surface area contributed by atoms with Crippen molar-refractivity contribution in [3.63, 3.8) is 0 Å². The molecule has 1 aliphatic heterocycles. The Morgan fingerprint density at radius 3 is 2.41 bits per heavy atom. The van der Waals surface area contributed by atoms with Gasteiger partial charge in [0.15, 0.2) is 0 Å². The molecule has 0 saturated carbocycles. The van der Waals surface area contributed by atoms with E-state index < -0.39 is 10.0 Å². The second kappa shape index (κ2) is 6.65. The molecule has 1 heterocycles. The quantitative estimate of drug-likeness (QED) is 0.615. The van der Waals surface area contributed by atoms with Gasteiger partial charge in [-0.2, -0.15) is 0 Å². The zero-order chi connectivity index (χ0) is 19.2. The fourth-order valence-corrected chi connectivity index (χ4v) is 5.25. The number of carbonyl (C=O) groups is 1. The van der Waals surface area contributed by atoms with Crippen LogP contribution in [0.4, 0.5) is 5.69 Å². The molecule has 1 amide bonds. The Morgan fingerprint density at radius 2 is 1.70 bits per heavy atom. The summed E-state index contributed by atoms with van der Waals surface area (Å²) in [5, 5.41) is 1.54. The van der Waals surface area contributed by atoms with E-state index in [-0.39, 0.29) is 17.3 Å². The number of sulfonamides is 1. The largest absolute Gasteiger partial charge is 0.340 e. The van der Waals surface area contributed by atoms with Crippen molar-refractivity contribution in [2.45, 2.75) is 11.4 Å². The minimum Gasteiger partial charge on any atom is -0.340 e. The van der Waals surface area contributed by atoms with Crippen molar-refractivity contribution in [2.75, 3.05) is 17.9 Å². The number of carbonyl (C=O) groups excluding carboxylic acids is 1. The topological polar surface area (TPSA) is 57.7 Å². The van der Waals surface area contributed by atoms with E-state index in [1.807, 2.05) is 42.5 Å². The summed E-state index contributed by atoms with van der Waals surface area (Å²) in [6, 6.07) is 18.3. The van der Waals surface area contributed by atoms with E-state index in [0.29, 0.717) is 17.6 Å². The van der Waals surface area contributed by atoms with Gasteiger partial charge >= 0.3 is 0 Å². The van der Waals surface area contributed by atoms with Crippen molar-refractivity contribution in [1.29, 1.82) is 0 Å². The van der Waals surface area contributed by atoms with Crippen molar-refractivity contribution in [2.24, 2.45) is 0 Å². The summed E-state index contributed by atoms with van der Waals surface area (Å²) < 4.78 is 28.1. The number of rotatable bonds is 4. The van der Waals surface area contributed by atoms with Gasteiger partial charge < -0.3 is 4.90 Å². The van der Waals surface area contributed by atoms with E-state index in [2.05, 4.69) is 15.9 Å². The summed E-state index contributed by atoms with van der Waals surface area (Å²) in [4.78, 5) is 14.5. The van der Waals surface area contributed by atoms with Crippen LogP contribution >= 0.6 is 15.9 Å². The molecule has 0 bridgehead atoms. The first kappa shape index (κ1) is 18.0. The molecule has 0 atom stereocenters. The van der Waals surface area contributed by atoms with Gasteiger partial charge in [0.05, 0.1) is 10.6 Å². The normalized spacial score (nSPS) is 14.5. The first-order chi connectivity index (χ1) is 12.9. The summed E-state index contributed by atoms with van der Waals surface area (Å²) in [7, 11) is -2.04. The molecule has 27 heavy (non-hydrogen) atoms. The Morgan fingerprint density at radius 1 is 1.04 bits per heavy atom. The molecule has 0 unspecified atom stereocenters. The molecule has 0 fully saturated rings. The van der Waals surface area contributed by atoms with Crippen LogP contribution in [0.15, 0.2) is 70.0 Å². The molecule has 0 radical (unpaired) electrons. The lowest BCUT2D eigenvalue weighted by Crippen LogP contribution is -2.39. The van der Waals surface area contributed by atoms with Crippen molar-refractivity contribution in [3.05, 3.63) is 70.7 Å². The van der Waals surface area contributed by atoms with Crippen LogP contribution in [0, 0.1) is 0 Å². The maximum absolute atomic E-state index is 13.0. The van der Waals surface area contributed by atoms with Crippen LogP contribution in [0.25, 0.3) is 10.8 Å². The van der Waals surface area contributed by atoms with E-state index in [9.17, 15) is 13.2 Å². The number of hydrogen-bond donors (Lipinski definition) is 0. The molecule has 0 aliphatic carbocycles. The molecular formula is C20H17BrN2O3S. The molecule has 0 saturated heterocycles. The third kappa shape index (κ3) is 3.11. The van der Waals surface area contributed by atoms with Crippen LogP contribution in [0.1, 0.15) is 5.56 Å². The number of halogens is 1. The molecule has 138 valence electrons. The fraction of sp³-hybridized carbons (Fsp3) is 0.150. The molecule has 1 aliphatic rings. The summed E-state index contributed by atoms with van der Waals surface area (Å²) in [6.45, 7) is 0.195. The van der Waals surface area contributed by atoms with E-state index in [4.69, 9.17) is 0 Å². The summed E-state index contributed by atoms with van der Waals surface area (Å²) in [6.07, 6.45) is 0. The van der Waals surface area contributed by atoms with Gasteiger partial charge in [-0.05, 0) is 35.2 Å². The predicted octanol–water partition coefficient (Wildman–Crippen LogP) is 3.77. The average molecular weight is 445 g/mol. The maximum Gasteiger partial charge on any atom is 0.265 e. The van der Waals surface area contributed by atoms with Gasteiger partial charge in [-0.25, -0.2) is 8.42 Å². The highest BCUT2D eigenvalue weighted by atomic mass is 79.9. The lowest BCUT2D eigenvalue weighted by Gasteiger charge is -2.23. The number of anilines is 1. The Bertz CT molecular complexity index is 1140. The van der Waals surface area contributed by atoms with E-state index >= 15 is 0 Å². The van der Waals surface area contributed by atoms with Crippen molar-refractivity contribution in [1.82, 2.24) is 4.90 Å². The van der Waals surface area contributed by atoms with Gasteiger partial charge in [-0.1, -0.05) is 52.3 Å². The second-order valence-electron chi connectivity index (χ2n) is 6.52. The Kier molecular flexibility index (Phi) is 4.44. The van der Waals surface area contributed by atoms with Crippen molar-refractivity contribution < 1.29 is 13.2 Å². The highest BCUT2D eigenvalue weighted by Crippen LogP contribution is 2.41. The second-order valence-corrected chi connectivity index (χ2v) is 9.27. The minimum atomic E-state index is -3.73. The molecule has 3 aromatic carbocycles. The standard InChI is InChI=1S/C20H17BrN2O3S/c1-22(12-14-8-10-16(21)11-9-14)19(24)13-23-17-6-2-4-15-5-3-7-18(20(15)17)27(23,25)26/h2-11H,12-13H2,1H3. The average Bonchev–Trinajstić information content (AvgIpc) is 2.87. The van der Waals surface area contributed by atoms with Crippen molar-refractivity contribution in [3.8, 4) is 0 Å². The Balaban J connectivity index is 1.60. The van der Waals surface area contributed by atoms with E-state index in [0.717, 1.165) is 15.4 Å². The van der Waals surface area contributed by atoms with Gasteiger partial charge in [0.2, 0.25) is 5.91 Å². The smallest absolute Gasteiger partial charge is 0.265 e. The monoisotopic (exact) mass is 444 g/mol. The highest BCUT2D eigenvalue weighted by molar-refractivity contribution is 9.10. The van der Waals surface area contributed by atoms with Gasteiger partial charge in [0, 0.05) is 23.5 Å². The number of benzene rings is 3. The van der Waals surface area contributed by atoms with Gasteiger partial charge in [-0.15, -0.1) is 0 Å². The zero-order valence-corrected chi connectivity index (χ0v) is 17.0. The molecule has 0 spiro atoms. The number of amides is 1. The van der Waals surface area contributed by atoms with Crippen LogP contribution in [-0.2, 0) is 21.4 Å². The van der Waals surface area contributed by atoms with Crippen molar-refractivity contribution >= 4 is 48.3 Å². The van der Waals surface area contributed by atoms with Crippen LogP contribution in [0.2, 0.25) is 0 Å². The van der Waals surface area contributed by atoms with Crippen LogP contribution in [0.5, 0.6) is 0 Å². The lowest BCUT2D eigenvalue weighted by molar-refractivity contribution is -0.128. The predicted molar refractivity (Wildman–Crippen MR) is 109 cm³/mol.